The van der Waals surface area contributed by atoms with Crippen molar-refractivity contribution in [2.24, 2.45) is 5.92 Å². The molecule has 0 spiro atoms. The van der Waals surface area contributed by atoms with Gasteiger partial charge < -0.3 is 14.5 Å². The van der Waals surface area contributed by atoms with Crippen LogP contribution in [0.3, 0.4) is 0 Å². The molecule has 3 rings (SSSR count). The van der Waals surface area contributed by atoms with Gasteiger partial charge in [0, 0.05) is 30.1 Å². The van der Waals surface area contributed by atoms with Gasteiger partial charge in [-0.15, -0.1) is 11.8 Å². The molecule has 2 amide bonds. The lowest BCUT2D eigenvalue weighted by atomic mass is 10.0. The average molecular weight is 348 g/mol. The normalized spacial score (nSPS) is 27.6. The van der Waals surface area contributed by atoms with Crippen molar-refractivity contribution in [1.82, 2.24) is 4.90 Å². The largest absolute Gasteiger partial charge is 0.375 e. The third-order valence-electron chi connectivity index (χ3n) is 4.75. The summed E-state index contributed by atoms with van der Waals surface area (Å²) in [5.41, 5.74) is 0.872. The molecular weight excluding hydrogens is 324 g/mol. The van der Waals surface area contributed by atoms with Crippen molar-refractivity contribution in [1.29, 1.82) is 0 Å². The van der Waals surface area contributed by atoms with Crippen LogP contribution in [0.2, 0.25) is 0 Å². The van der Waals surface area contributed by atoms with Crippen molar-refractivity contribution in [3.05, 3.63) is 24.3 Å². The van der Waals surface area contributed by atoms with Gasteiger partial charge in [-0.25, -0.2) is 0 Å². The molecule has 0 radical (unpaired) electrons. The van der Waals surface area contributed by atoms with E-state index in [0.717, 1.165) is 10.6 Å². The summed E-state index contributed by atoms with van der Waals surface area (Å²) in [7, 11) is 0. The number of nitrogens with zero attached hydrogens (tertiary/aromatic N) is 2. The van der Waals surface area contributed by atoms with Crippen molar-refractivity contribution in [3.63, 3.8) is 0 Å². The van der Waals surface area contributed by atoms with Crippen molar-refractivity contribution in [2.45, 2.75) is 37.3 Å². The van der Waals surface area contributed by atoms with E-state index in [-0.39, 0.29) is 29.9 Å². The predicted molar refractivity (Wildman–Crippen MR) is 95.3 cm³/mol. The van der Waals surface area contributed by atoms with E-state index in [1.165, 1.54) is 0 Å². The monoisotopic (exact) mass is 348 g/mol. The van der Waals surface area contributed by atoms with Gasteiger partial charge >= 0.3 is 0 Å². The van der Waals surface area contributed by atoms with Crippen LogP contribution in [0.5, 0.6) is 0 Å². The van der Waals surface area contributed by atoms with Crippen LogP contribution in [0.25, 0.3) is 0 Å². The Bertz CT molecular complexity index is 619. The van der Waals surface area contributed by atoms with Gasteiger partial charge in [-0.05, 0) is 44.4 Å². The number of ether oxygens (including phenoxy) is 1. The van der Waals surface area contributed by atoms with E-state index in [9.17, 15) is 9.59 Å². The zero-order chi connectivity index (χ0) is 17.3. The molecule has 6 heteroatoms. The topological polar surface area (TPSA) is 49.9 Å². The highest BCUT2D eigenvalue weighted by atomic mass is 32.2. The highest BCUT2D eigenvalue weighted by Crippen LogP contribution is 2.29. The van der Waals surface area contributed by atoms with Crippen LogP contribution in [0.1, 0.15) is 20.3 Å². The Morgan fingerprint density at radius 2 is 1.92 bits per heavy atom. The Labute approximate surface area is 147 Å². The number of carbonyl (C=O) groups is 2. The Balaban J connectivity index is 1.70. The maximum atomic E-state index is 12.9. The molecule has 2 saturated heterocycles. The number of hydrogen-bond donors (Lipinski definition) is 0. The molecule has 0 N–H and O–H groups in total. The average Bonchev–Trinajstić information content (AvgIpc) is 2.98. The van der Waals surface area contributed by atoms with Crippen LogP contribution in [0.4, 0.5) is 5.69 Å². The molecule has 0 bridgehead atoms. The molecule has 1 aromatic carbocycles. The highest BCUT2D eigenvalue weighted by molar-refractivity contribution is 7.98. The molecule has 5 nitrogen and oxygen atoms in total. The standard InChI is InChI=1S/C18H24N2O3S/c1-12-11-23-13(2)9-19(12)18(22)14-8-17(21)20(10-14)15-4-6-16(24-3)7-5-15/h4-7,12-14H,8-11H2,1-3H3. The zero-order valence-corrected chi connectivity index (χ0v) is 15.2. The summed E-state index contributed by atoms with van der Waals surface area (Å²) in [6, 6.07) is 7.99. The van der Waals surface area contributed by atoms with Gasteiger partial charge in [0.2, 0.25) is 11.8 Å². The van der Waals surface area contributed by atoms with E-state index in [1.807, 2.05) is 49.3 Å². The highest BCUT2D eigenvalue weighted by Gasteiger charge is 2.39. The summed E-state index contributed by atoms with van der Waals surface area (Å²) in [6.07, 6.45) is 2.37. The third-order valence-corrected chi connectivity index (χ3v) is 5.49. The van der Waals surface area contributed by atoms with E-state index in [1.54, 1.807) is 16.7 Å². The van der Waals surface area contributed by atoms with Crippen LogP contribution in [0, 0.1) is 5.92 Å². The van der Waals surface area contributed by atoms with Crippen molar-refractivity contribution >= 4 is 29.3 Å². The van der Waals surface area contributed by atoms with Crippen molar-refractivity contribution < 1.29 is 14.3 Å². The second-order valence-corrected chi connectivity index (χ2v) is 7.47. The van der Waals surface area contributed by atoms with Crippen LogP contribution >= 0.6 is 11.8 Å². The van der Waals surface area contributed by atoms with E-state index in [0.29, 0.717) is 26.1 Å². The van der Waals surface area contributed by atoms with Crippen LogP contribution < -0.4 is 4.90 Å². The fraction of sp³-hybridized carbons (Fsp3) is 0.556. The molecule has 3 unspecified atom stereocenters. The second kappa shape index (κ2) is 7.15. The first-order valence-corrected chi connectivity index (χ1v) is 9.58. The first-order valence-electron chi connectivity index (χ1n) is 8.36. The molecule has 2 fully saturated rings. The molecule has 3 atom stereocenters. The summed E-state index contributed by atoms with van der Waals surface area (Å²) in [6.45, 7) is 5.61. The van der Waals surface area contributed by atoms with Crippen LogP contribution in [-0.2, 0) is 14.3 Å². The predicted octanol–water partition coefficient (Wildman–Crippen LogP) is 2.40. The minimum absolute atomic E-state index is 0.0270. The van der Waals surface area contributed by atoms with Crippen molar-refractivity contribution in [2.75, 3.05) is 30.9 Å². The Kier molecular flexibility index (Phi) is 5.15. The number of carbonyl (C=O) groups excluding carboxylic acids is 2. The number of benzene rings is 1. The maximum absolute atomic E-state index is 12.9. The van der Waals surface area contributed by atoms with E-state index < -0.39 is 0 Å². The molecular formula is C18H24N2O3S. The Morgan fingerprint density at radius 3 is 2.58 bits per heavy atom. The minimum atomic E-state index is -0.259. The molecule has 2 aliphatic rings. The number of thioether (sulfide) groups is 1. The Morgan fingerprint density at radius 1 is 1.21 bits per heavy atom. The molecule has 1 aromatic rings. The quantitative estimate of drug-likeness (QED) is 0.787. The fourth-order valence-corrected chi connectivity index (χ4v) is 3.74. The zero-order valence-electron chi connectivity index (χ0n) is 14.4. The van der Waals surface area contributed by atoms with Gasteiger partial charge in [0.1, 0.15) is 0 Å². The lowest BCUT2D eigenvalue weighted by Crippen LogP contribution is -2.52. The fourth-order valence-electron chi connectivity index (χ4n) is 3.33. The first kappa shape index (κ1) is 17.3. The lowest BCUT2D eigenvalue weighted by Gasteiger charge is -2.38. The summed E-state index contributed by atoms with van der Waals surface area (Å²) in [5.74, 6) is -0.154. The molecule has 2 heterocycles. The SMILES string of the molecule is CSc1ccc(N2CC(C(=O)N3CC(C)OCC3C)CC2=O)cc1. The Hall–Kier alpha value is -1.53. The third kappa shape index (κ3) is 3.44. The van der Waals surface area contributed by atoms with Gasteiger partial charge in [0.25, 0.3) is 0 Å². The van der Waals surface area contributed by atoms with Gasteiger partial charge in [-0.1, -0.05) is 0 Å². The van der Waals surface area contributed by atoms with E-state index in [2.05, 4.69) is 0 Å². The summed E-state index contributed by atoms with van der Waals surface area (Å²) < 4.78 is 5.59. The smallest absolute Gasteiger partial charge is 0.228 e. The number of amides is 2. The van der Waals surface area contributed by atoms with E-state index >= 15 is 0 Å². The first-order chi connectivity index (χ1) is 11.5. The minimum Gasteiger partial charge on any atom is -0.375 e. The van der Waals surface area contributed by atoms with Crippen LogP contribution in [-0.4, -0.2) is 54.8 Å². The summed E-state index contributed by atoms with van der Waals surface area (Å²) >= 11 is 1.67. The number of hydrogen-bond acceptors (Lipinski definition) is 4. The maximum Gasteiger partial charge on any atom is 0.228 e. The van der Waals surface area contributed by atoms with Crippen LogP contribution in [0.15, 0.2) is 29.2 Å². The summed E-state index contributed by atoms with van der Waals surface area (Å²) in [4.78, 5) is 30.0. The molecule has 2 aliphatic heterocycles. The van der Waals surface area contributed by atoms with Crippen molar-refractivity contribution in [3.8, 4) is 0 Å². The van der Waals surface area contributed by atoms with Gasteiger partial charge in [0.15, 0.2) is 0 Å². The lowest BCUT2D eigenvalue weighted by molar-refractivity contribution is -0.147. The molecule has 24 heavy (non-hydrogen) atoms. The second-order valence-electron chi connectivity index (χ2n) is 6.59. The molecule has 0 aliphatic carbocycles. The molecule has 0 aromatic heterocycles. The number of rotatable bonds is 3. The van der Waals surface area contributed by atoms with E-state index in [4.69, 9.17) is 4.74 Å². The molecule has 0 saturated carbocycles. The van der Waals surface area contributed by atoms with Gasteiger partial charge in [-0.3, -0.25) is 9.59 Å². The number of anilines is 1. The summed E-state index contributed by atoms with van der Waals surface area (Å²) in [5, 5.41) is 0. The van der Waals surface area contributed by atoms with Gasteiger partial charge in [-0.2, -0.15) is 0 Å². The van der Waals surface area contributed by atoms with Gasteiger partial charge in [0.05, 0.1) is 24.7 Å². The number of morpholine rings is 1. The molecule has 130 valence electrons.